The van der Waals surface area contributed by atoms with Crippen LogP contribution in [0.2, 0.25) is 0 Å². The van der Waals surface area contributed by atoms with Gasteiger partial charge < -0.3 is 5.11 Å². The zero-order chi connectivity index (χ0) is 14.8. The molecule has 0 aromatic carbocycles. The highest BCUT2D eigenvalue weighted by molar-refractivity contribution is 7.89. The van der Waals surface area contributed by atoms with Gasteiger partial charge in [-0.25, -0.2) is 13.4 Å². The second-order valence-corrected chi connectivity index (χ2v) is 6.87. The summed E-state index contributed by atoms with van der Waals surface area (Å²) in [5.74, 6) is 0. The van der Waals surface area contributed by atoms with Gasteiger partial charge in [-0.15, -0.1) is 0 Å². The minimum Gasteiger partial charge on any atom is -0.391 e. The van der Waals surface area contributed by atoms with Crippen LogP contribution in [0.25, 0.3) is 0 Å². The summed E-state index contributed by atoms with van der Waals surface area (Å²) in [6.07, 6.45) is 3.74. The Morgan fingerprint density at radius 1 is 1.45 bits per heavy atom. The van der Waals surface area contributed by atoms with Gasteiger partial charge in [-0.2, -0.15) is 9.57 Å². The van der Waals surface area contributed by atoms with E-state index in [4.69, 9.17) is 5.26 Å². The third-order valence-electron chi connectivity index (χ3n) is 3.69. The molecule has 108 valence electrons. The lowest BCUT2D eigenvalue weighted by Gasteiger charge is -2.34. The summed E-state index contributed by atoms with van der Waals surface area (Å²) in [6.45, 7) is 0. The van der Waals surface area contributed by atoms with Crippen LogP contribution in [0.1, 0.15) is 31.4 Å². The molecule has 6 nitrogen and oxygen atoms in total. The van der Waals surface area contributed by atoms with Crippen molar-refractivity contribution >= 4 is 10.0 Å². The Bertz CT molecular complexity index is 624. The van der Waals surface area contributed by atoms with Crippen molar-refractivity contribution in [3.8, 4) is 6.07 Å². The number of likely N-dealkylation sites (N-methyl/N-ethyl adjacent to an activating group) is 1. The standard InChI is InChI=1S/C13H17N3O3S/c1-16(11-5-2-3-6-12(11)17)20(18,19)13-7-4-8-15-10(13)9-14/h4,7-8,11-12,17H,2-3,5-6H2,1H3. The van der Waals surface area contributed by atoms with Crippen molar-refractivity contribution in [3.05, 3.63) is 24.0 Å². The van der Waals surface area contributed by atoms with E-state index in [1.165, 1.54) is 29.7 Å². The van der Waals surface area contributed by atoms with Crippen molar-refractivity contribution in [2.45, 2.75) is 42.7 Å². The van der Waals surface area contributed by atoms with E-state index in [1.54, 1.807) is 6.07 Å². The Kier molecular flexibility index (Phi) is 4.38. The van der Waals surface area contributed by atoms with Crippen molar-refractivity contribution in [1.82, 2.24) is 9.29 Å². The lowest BCUT2D eigenvalue weighted by molar-refractivity contribution is 0.0638. The third kappa shape index (κ3) is 2.68. The second-order valence-electron chi connectivity index (χ2n) is 4.90. The molecule has 0 amide bonds. The van der Waals surface area contributed by atoms with E-state index in [2.05, 4.69) is 4.98 Å². The Hall–Kier alpha value is -1.49. The number of nitriles is 1. The first kappa shape index (κ1) is 14.9. The summed E-state index contributed by atoms with van der Waals surface area (Å²) in [5, 5.41) is 19.0. The summed E-state index contributed by atoms with van der Waals surface area (Å²) in [5.41, 5.74) is -0.121. The van der Waals surface area contributed by atoms with Gasteiger partial charge in [-0.1, -0.05) is 12.8 Å². The van der Waals surface area contributed by atoms with Crippen LogP contribution in [-0.2, 0) is 10.0 Å². The van der Waals surface area contributed by atoms with Gasteiger partial charge in [0.2, 0.25) is 10.0 Å². The molecule has 1 aliphatic carbocycles. The van der Waals surface area contributed by atoms with Crippen LogP contribution in [0, 0.1) is 11.3 Å². The molecule has 2 atom stereocenters. The molecule has 0 aliphatic heterocycles. The Morgan fingerprint density at radius 2 is 2.15 bits per heavy atom. The maximum Gasteiger partial charge on any atom is 0.246 e. The number of aliphatic hydroxyl groups is 1. The molecule has 1 saturated carbocycles. The Balaban J connectivity index is 2.37. The van der Waals surface area contributed by atoms with E-state index >= 15 is 0 Å². The molecule has 2 rings (SSSR count). The number of rotatable bonds is 3. The third-order valence-corrected chi connectivity index (χ3v) is 5.61. The highest BCUT2D eigenvalue weighted by Gasteiger charge is 2.35. The fraction of sp³-hybridized carbons (Fsp3) is 0.538. The molecule has 0 bridgehead atoms. The molecule has 20 heavy (non-hydrogen) atoms. The van der Waals surface area contributed by atoms with Crippen molar-refractivity contribution in [1.29, 1.82) is 5.26 Å². The molecule has 1 fully saturated rings. The van der Waals surface area contributed by atoms with Crippen LogP contribution in [0.15, 0.2) is 23.2 Å². The minimum absolute atomic E-state index is 0.109. The number of nitrogens with zero attached hydrogens (tertiary/aromatic N) is 3. The summed E-state index contributed by atoms with van der Waals surface area (Å²) >= 11 is 0. The molecule has 2 unspecified atom stereocenters. The molecule has 1 aliphatic rings. The van der Waals surface area contributed by atoms with E-state index < -0.39 is 22.2 Å². The van der Waals surface area contributed by atoms with Gasteiger partial charge in [0.1, 0.15) is 11.0 Å². The van der Waals surface area contributed by atoms with Gasteiger partial charge in [0.15, 0.2) is 5.69 Å². The SMILES string of the molecule is CN(C1CCCCC1O)S(=O)(=O)c1cccnc1C#N. The van der Waals surface area contributed by atoms with Gasteiger partial charge in [-0.05, 0) is 25.0 Å². The van der Waals surface area contributed by atoms with E-state index in [1.807, 2.05) is 0 Å². The van der Waals surface area contributed by atoms with Crippen molar-refractivity contribution in [3.63, 3.8) is 0 Å². The molecule has 0 radical (unpaired) electrons. The summed E-state index contributed by atoms with van der Waals surface area (Å²) in [6, 6.07) is 4.20. The van der Waals surface area contributed by atoms with Crippen LogP contribution >= 0.6 is 0 Å². The van der Waals surface area contributed by atoms with Crippen LogP contribution in [0.4, 0.5) is 0 Å². The zero-order valence-corrected chi connectivity index (χ0v) is 12.0. The van der Waals surface area contributed by atoms with Crippen LogP contribution in [0.5, 0.6) is 0 Å². The quantitative estimate of drug-likeness (QED) is 0.893. The summed E-state index contributed by atoms with van der Waals surface area (Å²) in [4.78, 5) is 3.67. The normalized spacial score (nSPS) is 23.5. The largest absolute Gasteiger partial charge is 0.391 e. The van der Waals surface area contributed by atoms with Crippen LogP contribution < -0.4 is 0 Å². The lowest BCUT2D eigenvalue weighted by atomic mass is 9.93. The summed E-state index contributed by atoms with van der Waals surface area (Å²) < 4.78 is 26.3. The van der Waals surface area contributed by atoms with Crippen LogP contribution in [0.3, 0.4) is 0 Å². The fourth-order valence-corrected chi connectivity index (χ4v) is 4.04. The van der Waals surface area contributed by atoms with Gasteiger partial charge in [-0.3, -0.25) is 0 Å². The smallest absolute Gasteiger partial charge is 0.246 e. The van der Waals surface area contributed by atoms with Crippen LogP contribution in [-0.4, -0.2) is 42.0 Å². The first-order valence-corrected chi connectivity index (χ1v) is 7.93. The van der Waals surface area contributed by atoms with Gasteiger partial charge in [0.05, 0.1) is 12.1 Å². The molecule has 7 heteroatoms. The second kappa shape index (κ2) is 5.87. The monoisotopic (exact) mass is 295 g/mol. The Morgan fingerprint density at radius 3 is 2.80 bits per heavy atom. The average molecular weight is 295 g/mol. The maximum atomic E-state index is 12.6. The number of hydrogen-bond donors (Lipinski definition) is 1. The highest BCUT2D eigenvalue weighted by atomic mass is 32.2. The van der Waals surface area contributed by atoms with E-state index in [-0.39, 0.29) is 10.6 Å². The van der Waals surface area contributed by atoms with Gasteiger partial charge >= 0.3 is 0 Å². The first-order valence-electron chi connectivity index (χ1n) is 6.49. The van der Waals surface area contributed by atoms with Crippen molar-refractivity contribution in [2.75, 3.05) is 7.05 Å². The van der Waals surface area contributed by atoms with E-state index in [0.29, 0.717) is 12.8 Å². The molecule has 1 heterocycles. The average Bonchev–Trinajstić information content (AvgIpc) is 2.47. The number of sulfonamides is 1. The molecule has 0 spiro atoms. The lowest BCUT2D eigenvalue weighted by Crippen LogP contribution is -2.46. The fourth-order valence-electron chi connectivity index (χ4n) is 2.53. The van der Waals surface area contributed by atoms with E-state index in [9.17, 15) is 13.5 Å². The van der Waals surface area contributed by atoms with Crippen molar-refractivity contribution < 1.29 is 13.5 Å². The number of pyridine rings is 1. The molecule has 1 N–H and O–H groups in total. The predicted octanol–water partition coefficient (Wildman–Crippen LogP) is 0.877. The summed E-state index contributed by atoms with van der Waals surface area (Å²) in [7, 11) is -2.38. The molecule has 1 aromatic rings. The molecular weight excluding hydrogens is 278 g/mol. The molecule has 0 saturated heterocycles. The Labute approximate surface area is 118 Å². The number of aromatic nitrogens is 1. The minimum atomic E-state index is -3.83. The zero-order valence-electron chi connectivity index (χ0n) is 11.2. The molecular formula is C13H17N3O3S. The molecule has 1 aromatic heterocycles. The number of hydrogen-bond acceptors (Lipinski definition) is 5. The predicted molar refractivity (Wildman–Crippen MR) is 72.2 cm³/mol. The van der Waals surface area contributed by atoms with E-state index in [0.717, 1.165) is 12.8 Å². The topological polar surface area (TPSA) is 94.3 Å². The highest BCUT2D eigenvalue weighted by Crippen LogP contribution is 2.27. The number of aliphatic hydroxyl groups excluding tert-OH is 1. The van der Waals surface area contributed by atoms with Crippen molar-refractivity contribution in [2.24, 2.45) is 0 Å². The van der Waals surface area contributed by atoms with Gasteiger partial charge in [0, 0.05) is 13.2 Å². The maximum absolute atomic E-state index is 12.6. The first-order chi connectivity index (χ1) is 9.48. The van der Waals surface area contributed by atoms with Gasteiger partial charge in [0.25, 0.3) is 0 Å².